The molecule has 6 nitrogen and oxygen atoms in total. The summed E-state index contributed by atoms with van der Waals surface area (Å²) in [6.45, 7) is 6.51. The third-order valence-electron chi connectivity index (χ3n) is 4.37. The van der Waals surface area contributed by atoms with Gasteiger partial charge < -0.3 is 20.3 Å². The molecular weight excluding hydrogens is 342 g/mol. The number of carbonyl (C=O) groups is 2. The molecule has 2 aromatic carbocycles. The lowest BCUT2D eigenvalue weighted by atomic mass is 10.1. The fourth-order valence-electron chi connectivity index (χ4n) is 3.14. The molecule has 1 aliphatic rings. The Balaban J connectivity index is 1.58. The summed E-state index contributed by atoms with van der Waals surface area (Å²) in [5.74, 6) is -0.201. The van der Waals surface area contributed by atoms with Crippen LogP contribution in [0.4, 0.5) is 11.4 Å². The van der Waals surface area contributed by atoms with Crippen molar-refractivity contribution in [2.75, 3.05) is 43.5 Å². The lowest BCUT2D eigenvalue weighted by molar-refractivity contribution is -0.114. The van der Waals surface area contributed by atoms with E-state index in [1.807, 2.05) is 26.0 Å². The summed E-state index contributed by atoms with van der Waals surface area (Å²) in [7, 11) is 0. The van der Waals surface area contributed by atoms with Gasteiger partial charge in [-0.3, -0.25) is 9.59 Å². The summed E-state index contributed by atoms with van der Waals surface area (Å²) in [4.78, 5) is 26.6. The molecular formula is C21H25N3O3. The number of ether oxygens (including phenoxy) is 1. The van der Waals surface area contributed by atoms with Crippen LogP contribution in [0.5, 0.6) is 0 Å². The number of aryl methyl sites for hydroxylation is 2. The first-order valence-electron chi connectivity index (χ1n) is 9.10. The molecule has 2 N–H and O–H groups in total. The summed E-state index contributed by atoms with van der Waals surface area (Å²) in [5, 5.41) is 5.98. The second-order valence-corrected chi connectivity index (χ2v) is 6.76. The van der Waals surface area contributed by atoms with Gasteiger partial charge in [-0.25, -0.2) is 0 Å². The molecule has 1 saturated heterocycles. The van der Waals surface area contributed by atoms with Crippen LogP contribution in [0.2, 0.25) is 0 Å². The summed E-state index contributed by atoms with van der Waals surface area (Å²) in [6, 6.07) is 13.1. The number of hydrogen-bond acceptors (Lipinski definition) is 4. The Labute approximate surface area is 159 Å². The third-order valence-corrected chi connectivity index (χ3v) is 4.37. The van der Waals surface area contributed by atoms with E-state index < -0.39 is 0 Å². The molecule has 0 saturated carbocycles. The van der Waals surface area contributed by atoms with Crippen LogP contribution in [0.1, 0.15) is 21.5 Å². The quantitative estimate of drug-likeness (QED) is 0.853. The van der Waals surface area contributed by atoms with E-state index in [2.05, 4.69) is 16.7 Å². The number of amides is 2. The highest BCUT2D eigenvalue weighted by atomic mass is 16.5. The third kappa shape index (κ3) is 5.31. The zero-order valence-electron chi connectivity index (χ0n) is 15.7. The van der Waals surface area contributed by atoms with Crippen molar-refractivity contribution in [2.45, 2.75) is 13.8 Å². The molecule has 0 spiro atoms. The van der Waals surface area contributed by atoms with Gasteiger partial charge in [0, 0.05) is 30.0 Å². The SMILES string of the molecule is Cc1cc(C)cc(NCC(=O)Nc2cccc(C(=O)N3CCOCC3)c2)c1. The Bertz CT molecular complexity index is 809. The maximum Gasteiger partial charge on any atom is 0.254 e. The van der Waals surface area contributed by atoms with Crippen LogP contribution in [0, 0.1) is 13.8 Å². The topological polar surface area (TPSA) is 70.7 Å². The minimum Gasteiger partial charge on any atom is -0.378 e. The van der Waals surface area contributed by atoms with Crippen LogP contribution in [0.3, 0.4) is 0 Å². The lowest BCUT2D eigenvalue weighted by Gasteiger charge is -2.27. The van der Waals surface area contributed by atoms with Crippen LogP contribution < -0.4 is 10.6 Å². The zero-order valence-corrected chi connectivity index (χ0v) is 15.7. The predicted molar refractivity (Wildman–Crippen MR) is 106 cm³/mol. The van der Waals surface area contributed by atoms with E-state index in [4.69, 9.17) is 4.74 Å². The highest BCUT2D eigenvalue weighted by Gasteiger charge is 2.18. The van der Waals surface area contributed by atoms with Crippen molar-refractivity contribution in [2.24, 2.45) is 0 Å². The van der Waals surface area contributed by atoms with Gasteiger partial charge >= 0.3 is 0 Å². The number of carbonyl (C=O) groups excluding carboxylic acids is 2. The number of nitrogens with one attached hydrogen (secondary N) is 2. The fourth-order valence-corrected chi connectivity index (χ4v) is 3.14. The molecule has 0 aromatic heterocycles. The van der Waals surface area contributed by atoms with Crippen LogP contribution in [-0.4, -0.2) is 49.6 Å². The Morgan fingerprint density at radius 3 is 2.41 bits per heavy atom. The Kier molecular flexibility index (Phi) is 6.08. The van der Waals surface area contributed by atoms with Crippen molar-refractivity contribution >= 4 is 23.2 Å². The number of anilines is 2. The van der Waals surface area contributed by atoms with E-state index in [0.717, 1.165) is 16.8 Å². The van der Waals surface area contributed by atoms with Crippen LogP contribution in [0.25, 0.3) is 0 Å². The molecule has 27 heavy (non-hydrogen) atoms. The standard InChI is InChI=1S/C21H25N3O3/c1-15-10-16(2)12-19(11-15)22-14-20(25)23-18-5-3-4-17(13-18)21(26)24-6-8-27-9-7-24/h3-5,10-13,22H,6-9,14H2,1-2H3,(H,23,25). The van der Waals surface area contributed by atoms with E-state index >= 15 is 0 Å². The van der Waals surface area contributed by atoms with Gasteiger partial charge in [0.2, 0.25) is 5.91 Å². The molecule has 3 rings (SSSR count). The molecule has 2 amide bonds. The van der Waals surface area contributed by atoms with Gasteiger partial charge in [-0.1, -0.05) is 12.1 Å². The second kappa shape index (κ2) is 8.68. The molecule has 1 heterocycles. The molecule has 0 bridgehead atoms. The average Bonchev–Trinajstić information content (AvgIpc) is 2.66. The Morgan fingerprint density at radius 2 is 1.70 bits per heavy atom. The van der Waals surface area contributed by atoms with Gasteiger partial charge in [0.25, 0.3) is 5.91 Å². The molecule has 142 valence electrons. The summed E-state index contributed by atoms with van der Waals surface area (Å²) < 4.78 is 5.28. The Hall–Kier alpha value is -2.86. The average molecular weight is 367 g/mol. The zero-order chi connectivity index (χ0) is 19.2. The van der Waals surface area contributed by atoms with Crippen LogP contribution >= 0.6 is 0 Å². The molecule has 0 atom stereocenters. The number of hydrogen-bond donors (Lipinski definition) is 2. The Morgan fingerprint density at radius 1 is 1.00 bits per heavy atom. The maximum atomic E-state index is 12.6. The molecule has 2 aromatic rings. The number of benzene rings is 2. The maximum absolute atomic E-state index is 12.6. The van der Waals surface area contributed by atoms with Crippen molar-refractivity contribution in [1.29, 1.82) is 0 Å². The predicted octanol–water partition coefficient (Wildman–Crippen LogP) is 2.83. The fraction of sp³-hybridized carbons (Fsp3) is 0.333. The van der Waals surface area contributed by atoms with E-state index in [0.29, 0.717) is 37.6 Å². The van der Waals surface area contributed by atoms with Gasteiger partial charge in [0.05, 0.1) is 19.8 Å². The number of rotatable bonds is 5. The molecule has 1 fully saturated rings. The minimum atomic E-state index is -0.162. The van der Waals surface area contributed by atoms with Gasteiger partial charge in [0.15, 0.2) is 0 Å². The number of nitrogens with zero attached hydrogens (tertiary/aromatic N) is 1. The van der Waals surface area contributed by atoms with E-state index in [9.17, 15) is 9.59 Å². The van der Waals surface area contributed by atoms with Crippen molar-refractivity contribution < 1.29 is 14.3 Å². The minimum absolute atomic E-state index is 0.0391. The van der Waals surface area contributed by atoms with Crippen molar-refractivity contribution in [3.8, 4) is 0 Å². The normalized spacial score (nSPS) is 13.9. The van der Waals surface area contributed by atoms with Crippen LogP contribution in [-0.2, 0) is 9.53 Å². The smallest absolute Gasteiger partial charge is 0.254 e. The highest BCUT2D eigenvalue weighted by molar-refractivity contribution is 5.98. The second-order valence-electron chi connectivity index (χ2n) is 6.76. The van der Waals surface area contributed by atoms with Gasteiger partial charge in [0.1, 0.15) is 0 Å². The first-order chi connectivity index (χ1) is 13.0. The molecule has 0 aliphatic carbocycles. The first-order valence-corrected chi connectivity index (χ1v) is 9.10. The molecule has 6 heteroatoms. The van der Waals surface area contributed by atoms with Crippen molar-refractivity contribution in [3.05, 3.63) is 59.2 Å². The first kappa shape index (κ1) is 18.9. The van der Waals surface area contributed by atoms with E-state index in [1.165, 1.54) is 0 Å². The van der Waals surface area contributed by atoms with E-state index in [-0.39, 0.29) is 18.4 Å². The number of morpholine rings is 1. The van der Waals surface area contributed by atoms with Gasteiger partial charge in [-0.05, 0) is 55.3 Å². The summed E-state index contributed by atoms with van der Waals surface area (Å²) in [6.07, 6.45) is 0. The van der Waals surface area contributed by atoms with Gasteiger partial charge in [-0.2, -0.15) is 0 Å². The summed E-state index contributed by atoms with van der Waals surface area (Å²) in [5.41, 5.74) is 4.39. The van der Waals surface area contributed by atoms with Gasteiger partial charge in [-0.15, -0.1) is 0 Å². The van der Waals surface area contributed by atoms with Crippen LogP contribution in [0.15, 0.2) is 42.5 Å². The molecule has 0 unspecified atom stereocenters. The highest BCUT2D eigenvalue weighted by Crippen LogP contribution is 2.15. The molecule has 1 aliphatic heterocycles. The lowest BCUT2D eigenvalue weighted by Crippen LogP contribution is -2.40. The monoisotopic (exact) mass is 367 g/mol. The van der Waals surface area contributed by atoms with E-state index in [1.54, 1.807) is 29.2 Å². The van der Waals surface area contributed by atoms with Crippen molar-refractivity contribution in [1.82, 2.24) is 4.90 Å². The summed E-state index contributed by atoms with van der Waals surface area (Å²) >= 11 is 0. The largest absolute Gasteiger partial charge is 0.378 e. The van der Waals surface area contributed by atoms with Crippen molar-refractivity contribution in [3.63, 3.8) is 0 Å². The molecule has 0 radical (unpaired) electrons.